The Morgan fingerprint density at radius 2 is 1.90 bits per heavy atom. The highest BCUT2D eigenvalue weighted by molar-refractivity contribution is 7.89. The van der Waals surface area contributed by atoms with Gasteiger partial charge in [0.1, 0.15) is 5.75 Å². The second-order valence-corrected chi connectivity index (χ2v) is 6.72. The largest absolute Gasteiger partial charge is 0.495 e. The molecule has 1 saturated carbocycles. The highest BCUT2D eigenvalue weighted by Crippen LogP contribution is 2.30. The Balaban J connectivity index is 2.20. The van der Waals surface area contributed by atoms with Gasteiger partial charge >= 0.3 is 0 Å². The Kier molecular flexibility index (Phi) is 4.52. The molecule has 1 aromatic rings. The van der Waals surface area contributed by atoms with E-state index in [1.165, 1.54) is 12.1 Å². The van der Waals surface area contributed by atoms with Crippen molar-refractivity contribution in [1.29, 1.82) is 0 Å². The fourth-order valence-electron chi connectivity index (χ4n) is 2.46. The van der Waals surface area contributed by atoms with Crippen LogP contribution in [0.3, 0.4) is 0 Å². The van der Waals surface area contributed by atoms with Gasteiger partial charge < -0.3 is 15.8 Å². The van der Waals surface area contributed by atoms with Gasteiger partial charge in [-0.1, -0.05) is 0 Å². The van der Waals surface area contributed by atoms with Gasteiger partial charge in [0.15, 0.2) is 0 Å². The van der Waals surface area contributed by atoms with E-state index in [9.17, 15) is 8.42 Å². The minimum Gasteiger partial charge on any atom is -0.495 e. The highest BCUT2D eigenvalue weighted by Gasteiger charge is 2.20. The number of benzene rings is 1. The summed E-state index contributed by atoms with van der Waals surface area (Å²) >= 11 is 0. The second-order valence-electron chi connectivity index (χ2n) is 5.16. The third-order valence-electron chi connectivity index (χ3n) is 3.63. The maximum Gasteiger partial charge on any atom is 0.238 e. The molecule has 20 heavy (non-hydrogen) atoms. The predicted octanol–water partition coefficient (Wildman–Crippen LogP) is 1.02. The van der Waals surface area contributed by atoms with Gasteiger partial charge in [0.25, 0.3) is 0 Å². The van der Waals surface area contributed by atoms with Crippen LogP contribution in [0, 0.1) is 0 Å². The first-order valence-corrected chi connectivity index (χ1v) is 8.17. The van der Waals surface area contributed by atoms with E-state index in [4.69, 9.17) is 15.6 Å². The lowest BCUT2D eigenvalue weighted by Gasteiger charge is -2.28. The Bertz CT molecular complexity index is 566. The summed E-state index contributed by atoms with van der Waals surface area (Å²) < 4.78 is 28.1. The summed E-state index contributed by atoms with van der Waals surface area (Å²) in [5, 5.41) is 8.49. The van der Waals surface area contributed by atoms with E-state index in [-0.39, 0.29) is 17.0 Å². The number of sulfonamides is 1. The Morgan fingerprint density at radius 1 is 1.25 bits per heavy atom. The van der Waals surface area contributed by atoms with E-state index in [0.29, 0.717) is 11.4 Å². The van der Waals surface area contributed by atoms with Crippen molar-refractivity contribution >= 4 is 15.7 Å². The van der Waals surface area contributed by atoms with Crippen LogP contribution in [-0.4, -0.2) is 27.6 Å². The molecule has 0 heterocycles. The zero-order valence-electron chi connectivity index (χ0n) is 11.5. The van der Waals surface area contributed by atoms with Crippen LogP contribution in [0.15, 0.2) is 23.1 Å². The number of nitrogens with one attached hydrogen (secondary N) is 1. The molecule has 7 heteroatoms. The van der Waals surface area contributed by atoms with Crippen LogP contribution in [-0.2, 0) is 10.0 Å². The number of hydrogen-bond donors (Lipinski definition) is 3. The molecule has 0 atom stereocenters. The summed E-state index contributed by atoms with van der Waals surface area (Å²) in [5.74, 6) is 0.604. The molecule has 1 fully saturated rings. The molecule has 0 saturated heterocycles. The van der Waals surface area contributed by atoms with Crippen molar-refractivity contribution in [1.82, 2.24) is 0 Å². The van der Waals surface area contributed by atoms with E-state index in [1.54, 1.807) is 13.2 Å². The van der Waals surface area contributed by atoms with Gasteiger partial charge in [-0.15, -0.1) is 0 Å². The summed E-state index contributed by atoms with van der Waals surface area (Å²) in [7, 11) is -2.17. The summed E-state index contributed by atoms with van der Waals surface area (Å²) in [6.07, 6.45) is 3.86. The monoisotopic (exact) mass is 299 g/mol. The number of methoxy groups -OCH3 is 1. The lowest BCUT2D eigenvalue weighted by molar-refractivity contribution is 0.401. The van der Waals surface area contributed by atoms with E-state index in [1.807, 2.05) is 0 Å². The number of hydrogen-bond acceptors (Lipinski definition) is 5. The van der Waals surface area contributed by atoms with Crippen molar-refractivity contribution in [3.63, 3.8) is 0 Å². The lowest BCUT2D eigenvalue weighted by atomic mass is 9.91. The first kappa shape index (κ1) is 15.1. The maximum atomic E-state index is 11.4. The molecule has 0 aliphatic heterocycles. The quantitative estimate of drug-likeness (QED) is 0.769. The summed E-state index contributed by atoms with van der Waals surface area (Å²) in [6.45, 7) is 0. The molecule has 0 aromatic heterocycles. The molecule has 6 nitrogen and oxygen atoms in total. The molecule has 0 unspecified atom stereocenters. The predicted molar refractivity (Wildman–Crippen MR) is 78.2 cm³/mol. The standard InChI is InChI=1S/C13H21N3O3S/c1-19-13-7-6-11(20(15,17)18)8-12(13)16-10-4-2-9(14)3-5-10/h6-10,16H,2-5,14H2,1H3,(H2,15,17,18). The Morgan fingerprint density at radius 3 is 2.45 bits per heavy atom. The van der Waals surface area contributed by atoms with Crippen molar-refractivity contribution in [2.75, 3.05) is 12.4 Å². The first-order chi connectivity index (χ1) is 9.40. The van der Waals surface area contributed by atoms with E-state index < -0.39 is 10.0 Å². The topological polar surface area (TPSA) is 107 Å². The zero-order valence-corrected chi connectivity index (χ0v) is 12.3. The zero-order chi connectivity index (χ0) is 14.8. The van der Waals surface area contributed by atoms with Gasteiger partial charge in [0.2, 0.25) is 10.0 Å². The number of ether oxygens (including phenoxy) is 1. The van der Waals surface area contributed by atoms with Crippen LogP contribution in [0.1, 0.15) is 25.7 Å². The van der Waals surface area contributed by atoms with Crippen LogP contribution >= 0.6 is 0 Å². The summed E-state index contributed by atoms with van der Waals surface area (Å²) in [5.41, 5.74) is 6.53. The number of primary sulfonamides is 1. The molecule has 1 aliphatic carbocycles. The number of nitrogens with two attached hydrogens (primary N) is 2. The normalized spacial score (nSPS) is 23.4. The Labute approximate surface area is 119 Å². The van der Waals surface area contributed by atoms with Crippen molar-refractivity contribution in [2.24, 2.45) is 10.9 Å². The lowest BCUT2D eigenvalue weighted by Crippen LogP contribution is -2.32. The summed E-state index contributed by atoms with van der Waals surface area (Å²) in [4.78, 5) is 0.0771. The number of anilines is 1. The van der Waals surface area contributed by atoms with Crippen LogP contribution in [0.5, 0.6) is 5.75 Å². The van der Waals surface area contributed by atoms with Crippen LogP contribution in [0.25, 0.3) is 0 Å². The SMILES string of the molecule is COc1ccc(S(N)(=O)=O)cc1NC1CCC(N)CC1. The molecule has 0 bridgehead atoms. The molecule has 5 N–H and O–H groups in total. The molecule has 112 valence electrons. The van der Waals surface area contributed by atoms with Crippen molar-refractivity contribution < 1.29 is 13.2 Å². The maximum absolute atomic E-state index is 11.4. The second kappa shape index (κ2) is 5.99. The van der Waals surface area contributed by atoms with Crippen LogP contribution in [0.4, 0.5) is 5.69 Å². The smallest absolute Gasteiger partial charge is 0.238 e. The third kappa shape index (κ3) is 3.62. The average Bonchev–Trinajstić information content (AvgIpc) is 2.40. The third-order valence-corrected chi connectivity index (χ3v) is 4.54. The molecular formula is C13H21N3O3S. The van der Waals surface area contributed by atoms with Gasteiger partial charge in [-0.05, 0) is 43.9 Å². The molecule has 1 aliphatic rings. The van der Waals surface area contributed by atoms with Crippen LogP contribution < -0.4 is 20.9 Å². The van der Waals surface area contributed by atoms with Gasteiger partial charge in [-0.3, -0.25) is 0 Å². The van der Waals surface area contributed by atoms with E-state index in [0.717, 1.165) is 25.7 Å². The molecule has 1 aromatic carbocycles. The van der Waals surface area contributed by atoms with Crippen molar-refractivity contribution in [3.05, 3.63) is 18.2 Å². The fourth-order valence-corrected chi connectivity index (χ4v) is 3.00. The van der Waals surface area contributed by atoms with E-state index >= 15 is 0 Å². The Hall–Kier alpha value is -1.31. The first-order valence-electron chi connectivity index (χ1n) is 6.63. The molecular weight excluding hydrogens is 278 g/mol. The summed E-state index contributed by atoms with van der Waals surface area (Å²) in [6, 6.07) is 5.11. The molecule has 0 radical (unpaired) electrons. The number of rotatable bonds is 4. The average molecular weight is 299 g/mol. The molecule has 2 rings (SSSR count). The van der Waals surface area contributed by atoms with Crippen LogP contribution in [0.2, 0.25) is 0 Å². The minimum atomic E-state index is -3.72. The van der Waals surface area contributed by atoms with Crippen molar-refractivity contribution in [3.8, 4) is 5.75 Å². The van der Waals surface area contributed by atoms with Gasteiger partial charge in [-0.2, -0.15) is 0 Å². The minimum absolute atomic E-state index is 0.0771. The van der Waals surface area contributed by atoms with Gasteiger partial charge in [0, 0.05) is 12.1 Å². The highest BCUT2D eigenvalue weighted by atomic mass is 32.2. The van der Waals surface area contributed by atoms with E-state index in [2.05, 4.69) is 5.32 Å². The van der Waals surface area contributed by atoms with Gasteiger partial charge in [0.05, 0.1) is 17.7 Å². The van der Waals surface area contributed by atoms with Gasteiger partial charge in [-0.25, -0.2) is 13.6 Å². The molecule has 0 amide bonds. The fraction of sp³-hybridized carbons (Fsp3) is 0.538. The van der Waals surface area contributed by atoms with Crippen molar-refractivity contribution in [2.45, 2.75) is 42.7 Å². The molecule has 0 spiro atoms.